The Morgan fingerprint density at radius 1 is 1.37 bits per heavy atom. The zero-order valence-corrected chi connectivity index (χ0v) is 10.7. The maximum atomic E-state index is 11.9. The highest BCUT2D eigenvalue weighted by Gasteiger charge is 2.09. The Morgan fingerprint density at radius 3 is 2.79 bits per heavy atom. The first kappa shape index (κ1) is 12.8. The fourth-order valence-electron chi connectivity index (χ4n) is 1.64. The van der Waals surface area contributed by atoms with Gasteiger partial charge in [0.1, 0.15) is 17.3 Å². The summed E-state index contributed by atoms with van der Waals surface area (Å²) in [4.78, 5) is 19.7. The normalized spacial score (nSPS) is 10.0. The highest BCUT2D eigenvalue weighted by molar-refractivity contribution is 6.02. The van der Waals surface area contributed by atoms with Crippen LogP contribution < -0.4 is 15.8 Å². The smallest absolute Gasteiger partial charge is 0.275 e. The molecule has 0 fully saturated rings. The number of ether oxygens (including phenoxy) is 1. The van der Waals surface area contributed by atoms with Crippen molar-refractivity contribution < 1.29 is 9.53 Å². The number of benzene rings is 1. The Kier molecular flexibility index (Phi) is 3.61. The molecule has 1 heterocycles. The van der Waals surface area contributed by atoms with Crippen LogP contribution in [0.5, 0.6) is 5.75 Å². The highest BCUT2D eigenvalue weighted by atomic mass is 16.5. The maximum Gasteiger partial charge on any atom is 0.275 e. The van der Waals surface area contributed by atoms with Gasteiger partial charge in [-0.15, -0.1) is 0 Å². The zero-order valence-electron chi connectivity index (χ0n) is 10.7. The third-order valence-corrected chi connectivity index (χ3v) is 2.54. The van der Waals surface area contributed by atoms with E-state index in [-0.39, 0.29) is 17.4 Å². The third kappa shape index (κ3) is 2.98. The molecule has 2 rings (SSSR count). The van der Waals surface area contributed by atoms with Crippen LogP contribution in [0.25, 0.3) is 0 Å². The zero-order chi connectivity index (χ0) is 13.8. The fraction of sp³-hybridized carbons (Fsp3) is 0.154. The van der Waals surface area contributed by atoms with Gasteiger partial charge in [0.2, 0.25) is 0 Å². The van der Waals surface area contributed by atoms with E-state index in [1.165, 1.54) is 12.4 Å². The van der Waals surface area contributed by atoms with Crippen LogP contribution >= 0.6 is 0 Å². The Bertz CT molecular complexity index is 613. The van der Waals surface area contributed by atoms with E-state index in [0.29, 0.717) is 5.69 Å². The molecule has 3 N–H and O–H groups in total. The van der Waals surface area contributed by atoms with Gasteiger partial charge >= 0.3 is 0 Å². The Morgan fingerprint density at radius 2 is 2.16 bits per heavy atom. The summed E-state index contributed by atoms with van der Waals surface area (Å²) in [5, 5.41) is 2.73. The predicted octanol–water partition coefficient (Wildman–Crippen LogP) is 1.63. The molecule has 0 bridgehead atoms. The second-order valence-corrected chi connectivity index (χ2v) is 3.97. The van der Waals surface area contributed by atoms with Crippen LogP contribution in [0.4, 0.5) is 11.5 Å². The molecule has 1 amide bonds. The maximum absolute atomic E-state index is 11.9. The lowest BCUT2D eigenvalue weighted by molar-refractivity contribution is 0.102. The summed E-state index contributed by atoms with van der Waals surface area (Å²) in [6.07, 6.45) is 2.75. The van der Waals surface area contributed by atoms with Crippen LogP contribution in [0.3, 0.4) is 0 Å². The topological polar surface area (TPSA) is 90.1 Å². The van der Waals surface area contributed by atoms with Crippen molar-refractivity contribution in [2.24, 2.45) is 0 Å². The molecule has 1 aromatic heterocycles. The Hall–Kier alpha value is -2.63. The van der Waals surface area contributed by atoms with Crippen molar-refractivity contribution in [3.8, 4) is 5.75 Å². The molecule has 0 aliphatic rings. The van der Waals surface area contributed by atoms with E-state index in [9.17, 15) is 4.79 Å². The lowest BCUT2D eigenvalue weighted by atomic mass is 10.2. The van der Waals surface area contributed by atoms with Gasteiger partial charge in [0.05, 0.1) is 19.5 Å². The molecule has 0 aliphatic heterocycles. The molecule has 1 aromatic carbocycles. The summed E-state index contributed by atoms with van der Waals surface area (Å²) < 4.78 is 5.15. The number of nitrogens with zero attached hydrogens (tertiary/aromatic N) is 2. The van der Waals surface area contributed by atoms with Crippen molar-refractivity contribution in [2.75, 3.05) is 18.2 Å². The summed E-state index contributed by atoms with van der Waals surface area (Å²) in [7, 11) is 1.60. The number of rotatable bonds is 3. The molecule has 98 valence electrons. The largest absolute Gasteiger partial charge is 0.496 e. The van der Waals surface area contributed by atoms with Crippen LogP contribution in [-0.4, -0.2) is 23.0 Å². The van der Waals surface area contributed by atoms with Gasteiger partial charge in [-0.25, -0.2) is 4.98 Å². The van der Waals surface area contributed by atoms with E-state index >= 15 is 0 Å². The SMILES string of the molecule is COc1ccc(NC(=O)c2cncc(N)n2)cc1C. The van der Waals surface area contributed by atoms with Crippen molar-refractivity contribution in [3.63, 3.8) is 0 Å². The van der Waals surface area contributed by atoms with E-state index in [1.54, 1.807) is 19.2 Å². The molecule has 2 aromatic rings. The van der Waals surface area contributed by atoms with Crippen LogP contribution in [-0.2, 0) is 0 Å². The average Bonchev–Trinajstić information content (AvgIpc) is 2.39. The van der Waals surface area contributed by atoms with Crippen molar-refractivity contribution >= 4 is 17.4 Å². The number of hydrogen-bond donors (Lipinski definition) is 2. The average molecular weight is 258 g/mol. The second kappa shape index (κ2) is 5.34. The number of aryl methyl sites for hydroxylation is 1. The molecule has 19 heavy (non-hydrogen) atoms. The van der Waals surface area contributed by atoms with Gasteiger partial charge in [0.25, 0.3) is 5.91 Å². The lowest BCUT2D eigenvalue weighted by Crippen LogP contribution is -2.14. The van der Waals surface area contributed by atoms with Crippen molar-refractivity contribution in [2.45, 2.75) is 6.92 Å². The summed E-state index contributed by atoms with van der Waals surface area (Å²) in [6.45, 7) is 1.90. The lowest BCUT2D eigenvalue weighted by Gasteiger charge is -2.08. The molecular weight excluding hydrogens is 244 g/mol. The van der Waals surface area contributed by atoms with Gasteiger partial charge in [-0.2, -0.15) is 0 Å². The molecule has 0 spiro atoms. The number of amides is 1. The number of nitrogens with one attached hydrogen (secondary N) is 1. The molecule has 6 heteroatoms. The molecule has 0 aliphatic carbocycles. The predicted molar refractivity (Wildman–Crippen MR) is 72.1 cm³/mol. The number of carbonyl (C=O) groups excluding carboxylic acids is 1. The minimum absolute atomic E-state index is 0.175. The minimum Gasteiger partial charge on any atom is -0.496 e. The molecule has 6 nitrogen and oxygen atoms in total. The van der Waals surface area contributed by atoms with Crippen LogP contribution in [0.1, 0.15) is 16.1 Å². The first-order valence-corrected chi connectivity index (χ1v) is 5.63. The highest BCUT2D eigenvalue weighted by Crippen LogP contribution is 2.21. The van der Waals surface area contributed by atoms with Gasteiger partial charge in [-0.1, -0.05) is 0 Å². The van der Waals surface area contributed by atoms with Gasteiger partial charge in [-0.3, -0.25) is 9.78 Å². The molecule has 0 radical (unpaired) electrons. The van der Waals surface area contributed by atoms with E-state index in [1.807, 2.05) is 13.0 Å². The third-order valence-electron chi connectivity index (χ3n) is 2.54. The standard InChI is InChI=1S/C13H14N4O2/c1-8-5-9(3-4-11(8)19-2)16-13(18)10-6-15-7-12(14)17-10/h3-7H,1-2H3,(H2,14,17)(H,16,18). The van der Waals surface area contributed by atoms with E-state index < -0.39 is 0 Å². The fourth-order valence-corrected chi connectivity index (χ4v) is 1.64. The van der Waals surface area contributed by atoms with Crippen molar-refractivity contribution in [1.29, 1.82) is 0 Å². The minimum atomic E-state index is -0.357. The molecule has 0 saturated heterocycles. The first-order valence-electron chi connectivity index (χ1n) is 5.63. The van der Waals surface area contributed by atoms with E-state index in [0.717, 1.165) is 11.3 Å². The molecule has 0 unspecified atom stereocenters. The number of hydrogen-bond acceptors (Lipinski definition) is 5. The number of anilines is 2. The quantitative estimate of drug-likeness (QED) is 0.873. The van der Waals surface area contributed by atoms with Crippen LogP contribution in [0, 0.1) is 6.92 Å². The van der Waals surface area contributed by atoms with Gasteiger partial charge < -0.3 is 15.8 Å². The number of methoxy groups -OCH3 is 1. The Balaban J connectivity index is 2.17. The molecule has 0 saturated carbocycles. The summed E-state index contributed by atoms with van der Waals surface area (Å²) in [5.41, 5.74) is 7.25. The summed E-state index contributed by atoms with van der Waals surface area (Å²) >= 11 is 0. The number of nitrogen functional groups attached to an aromatic ring is 1. The van der Waals surface area contributed by atoms with Crippen LogP contribution in [0.2, 0.25) is 0 Å². The second-order valence-electron chi connectivity index (χ2n) is 3.97. The van der Waals surface area contributed by atoms with Crippen LogP contribution in [0.15, 0.2) is 30.6 Å². The Labute approximate surface area is 110 Å². The molecule has 0 atom stereocenters. The summed E-state index contributed by atoms with van der Waals surface area (Å²) in [6, 6.07) is 5.36. The van der Waals surface area contributed by atoms with Crippen molar-refractivity contribution in [1.82, 2.24) is 9.97 Å². The van der Waals surface area contributed by atoms with E-state index in [4.69, 9.17) is 10.5 Å². The molecular formula is C13H14N4O2. The first-order chi connectivity index (χ1) is 9.10. The van der Waals surface area contributed by atoms with Crippen molar-refractivity contribution in [3.05, 3.63) is 41.9 Å². The van der Waals surface area contributed by atoms with Gasteiger partial charge in [0.15, 0.2) is 0 Å². The monoisotopic (exact) mass is 258 g/mol. The number of nitrogens with two attached hydrogens (primary N) is 1. The number of aromatic nitrogens is 2. The summed E-state index contributed by atoms with van der Waals surface area (Å²) in [5.74, 6) is 0.615. The van der Waals surface area contributed by atoms with E-state index in [2.05, 4.69) is 15.3 Å². The van der Waals surface area contributed by atoms with Gasteiger partial charge in [-0.05, 0) is 30.7 Å². The number of carbonyl (C=O) groups is 1. The van der Waals surface area contributed by atoms with Gasteiger partial charge in [0, 0.05) is 5.69 Å².